The van der Waals surface area contributed by atoms with E-state index in [0.717, 1.165) is 18.2 Å². The minimum absolute atomic E-state index is 0.0812. The van der Waals surface area contributed by atoms with E-state index >= 15 is 0 Å². The molecule has 0 amide bonds. The van der Waals surface area contributed by atoms with E-state index in [1.807, 2.05) is 0 Å². The number of nitrogens with zero attached hydrogens (tertiary/aromatic N) is 4. The van der Waals surface area contributed by atoms with Gasteiger partial charge in [-0.2, -0.15) is 8.42 Å². The number of para-hydroxylation sites is 1. The van der Waals surface area contributed by atoms with Gasteiger partial charge in [-0.05, 0) is 54.6 Å². The van der Waals surface area contributed by atoms with Crippen molar-refractivity contribution in [2.45, 2.75) is 9.79 Å². The third-order valence-corrected chi connectivity index (χ3v) is 7.79. The Bertz CT molecular complexity index is 1890. The summed E-state index contributed by atoms with van der Waals surface area (Å²) in [6.07, 6.45) is 0. The molecule has 0 spiro atoms. The molecule has 14 heteroatoms. The Hall–Kier alpha value is -4.66. The minimum Gasteiger partial charge on any atom is -0.506 e. The lowest BCUT2D eigenvalue weighted by Gasteiger charge is -2.11. The van der Waals surface area contributed by atoms with Gasteiger partial charge in [-0.3, -0.25) is 4.55 Å². The zero-order valence-corrected chi connectivity index (χ0v) is 21.8. The normalized spacial score (nSPS) is 12.4. The summed E-state index contributed by atoms with van der Waals surface area (Å²) in [5, 5.41) is 41.2. The Kier molecular flexibility index (Phi) is 7.44. The molecule has 0 saturated heterocycles. The predicted molar refractivity (Wildman–Crippen MR) is 145 cm³/mol. The van der Waals surface area contributed by atoms with Crippen LogP contribution in [-0.4, -0.2) is 38.6 Å². The number of anilines is 1. The van der Waals surface area contributed by atoms with Gasteiger partial charge in [-0.25, -0.2) is 8.42 Å². The summed E-state index contributed by atoms with van der Waals surface area (Å²) in [5.41, 5.74) is 0.668. The topological polar surface area (TPSA) is 190 Å². The fourth-order valence-corrected chi connectivity index (χ4v) is 5.03. The molecule has 0 atom stereocenters. The molecular weight excluding hydrogens is 546 g/mol. The van der Waals surface area contributed by atoms with Crippen LogP contribution in [0.4, 0.5) is 28.4 Å². The molecule has 0 bridgehead atoms. The maximum absolute atomic E-state index is 12.1. The molecule has 0 radical (unpaired) electrons. The standard InChI is InChI=1S/C25H21N5O7S2/c1-3-38(33,34)15-8-11-19(23(14-15)39(35,36)37)28-30-24-16-9-13-21(25(32)17(16)10-12-20(24)26-2)29-27-18-6-4-5-7-22(18)31/h3-14,26,31-32H,1H2,2H3,(H,35,36,37)/b29-27+,30-28+. The maximum atomic E-state index is 12.1. The number of azo groups is 2. The van der Waals surface area contributed by atoms with Gasteiger partial charge >= 0.3 is 0 Å². The number of phenolic OH excluding ortho intramolecular Hbond substituents is 2. The third-order valence-electron chi connectivity index (χ3n) is 5.55. The largest absolute Gasteiger partial charge is 0.506 e. The number of aromatic hydroxyl groups is 2. The number of phenols is 2. The van der Waals surface area contributed by atoms with Crippen molar-refractivity contribution in [3.63, 3.8) is 0 Å². The second-order valence-electron chi connectivity index (χ2n) is 7.95. The number of hydrogen-bond donors (Lipinski definition) is 4. The molecule has 0 unspecified atom stereocenters. The molecule has 0 aliphatic rings. The first-order valence-corrected chi connectivity index (χ1v) is 14.0. The Balaban J connectivity index is 1.82. The van der Waals surface area contributed by atoms with Gasteiger partial charge in [0.05, 0.1) is 10.6 Å². The van der Waals surface area contributed by atoms with Gasteiger partial charge < -0.3 is 15.5 Å². The highest BCUT2D eigenvalue weighted by Gasteiger charge is 2.21. The Morgan fingerprint density at radius 2 is 1.44 bits per heavy atom. The monoisotopic (exact) mass is 567 g/mol. The number of rotatable bonds is 8. The highest BCUT2D eigenvalue weighted by molar-refractivity contribution is 7.94. The summed E-state index contributed by atoms with van der Waals surface area (Å²) in [6.45, 7) is 3.20. The molecule has 0 fully saturated rings. The molecular formula is C25H21N5O7S2. The van der Waals surface area contributed by atoms with Gasteiger partial charge in [0, 0.05) is 23.2 Å². The van der Waals surface area contributed by atoms with Gasteiger partial charge in [0.1, 0.15) is 33.4 Å². The van der Waals surface area contributed by atoms with Crippen molar-refractivity contribution in [2.24, 2.45) is 20.5 Å². The fourth-order valence-electron chi connectivity index (χ4n) is 3.57. The van der Waals surface area contributed by atoms with E-state index in [1.54, 1.807) is 43.4 Å². The van der Waals surface area contributed by atoms with Crippen LogP contribution < -0.4 is 5.32 Å². The van der Waals surface area contributed by atoms with Crippen LogP contribution in [0.5, 0.6) is 11.5 Å². The average Bonchev–Trinajstić information content (AvgIpc) is 2.91. The summed E-state index contributed by atoms with van der Waals surface area (Å²) in [5.74, 6) is -0.314. The molecule has 0 aliphatic heterocycles. The van der Waals surface area contributed by atoms with E-state index in [9.17, 15) is 31.6 Å². The lowest BCUT2D eigenvalue weighted by atomic mass is 10.1. The van der Waals surface area contributed by atoms with Crippen LogP contribution in [0.15, 0.2) is 109 Å². The summed E-state index contributed by atoms with van der Waals surface area (Å²) in [6, 6.07) is 15.5. The second-order valence-corrected chi connectivity index (χ2v) is 11.2. The second kappa shape index (κ2) is 10.6. The molecule has 4 N–H and O–H groups in total. The van der Waals surface area contributed by atoms with Gasteiger partial charge in [-0.15, -0.1) is 20.5 Å². The molecule has 0 saturated carbocycles. The molecule has 4 rings (SSSR count). The van der Waals surface area contributed by atoms with Crippen molar-refractivity contribution >= 4 is 59.2 Å². The lowest BCUT2D eigenvalue weighted by Crippen LogP contribution is -2.02. The van der Waals surface area contributed by atoms with Crippen LogP contribution in [0.1, 0.15) is 0 Å². The first-order valence-electron chi connectivity index (χ1n) is 11.0. The van der Waals surface area contributed by atoms with Crippen LogP contribution in [0, 0.1) is 0 Å². The highest BCUT2D eigenvalue weighted by Crippen LogP contribution is 2.43. The van der Waals surface area contributed by atoms with Crippen LogP contribution >= 0.6 is 0 Å². The van der Waals surface area contributed by atoms with E-state index in [4.69, 9.17) is 0 Å². The van der Waals surface area contributed by atoms with Gasteiger partial charge in [0.25, 0.3) is 10.1 Å². The summed E-state index contributed by atoms with van der Waals surface area (Å²) in [4.78, 5) is -1.17. The van der Waals surface area contributed by atoms with E-state index in [0.29, 0.717) is 21.9 Å². The quantitative estimate of drug-likeness (QED) is 0.141. The van der Waals surface area contributed by atoms with Crippen molar-refractivity contribution in [3.8, 4) is 11.5 Å². The molecule has 0 heterocycles. The van der Waals surface area contributed by atoms with Crippen molar-refractivity contribution in [1.82, 2.24) is 0 Å². The van der Waals surface area contributed by atoms with E-state index in [2.05, 4.69) is 32.4 Å². The number of hydrogen-bond acceptors (Lipinski definition) is 11. The Labute approximate surface area is 223 Å². The van der Waals surface area contributed by atoms with E-state index in [1.165, 1.54) is 12.1 Å². The van der Waals surface area contributed by atoms with Crippen molar-refractivity contribution in [2.75, 3.05) is 12.4 Å². The molecule has 12 nitrogen and oxygen atoms in total. The molecule has 0 aliphatic carbocycles. The Morgan fingerprint density at radius 1 is 0.795 bits per heavy atom. The average molecular weight is 568 g/mol. The number of benzene rings is 4. The number of nitrogens with one attached hydrogen (secondary N) is 1. The van der Waals surface area contributed by atoms with Crippen molar-refractivity contribution in [3.05, 3.63) is 78.7 Å². The van der Waals surface area contributed by atoms with E-state index < -0.39 is 29.7 Å². The van der Waals surface area contributed by atoms with Crippen LogP contribution in [0.3, 0.4) is 0 Å². The zero-order chi connectivity index (χ0) is 28.4. The minimum atomic E-state index is -4.88. The van der Waals surface area contributed by atoms with Crippen molar-refractivity contribution in [1.29, 1.82) is 0 Å². The van der Waals surface area contributed by atoms with Crippen molar-refractivity contribution < 1.29 is 31.6 Å². The summed E-state index contributed by atoms with van der Waals surface area (Å²) < 4.78 is 57.9. The van der Waals surface area contributed by atoms with Gasteiger partial charge in [0.2, 0.25) is 0 Å². The zero-order valence-electron chi connectivity index (χ0n) is 20.2. The molecule has 0 aromatic heterocycles. The fraction of sp³-hybridized carbons (Fsp3) is 0.0400. The summed E-state index contributed by atoms with van der Waals surface area (Å²) in [7, 11) is -7.25. The van der Waals surface area contributed by atoms with Gasteiger partial charge in [0.15, 0.2) is 15.6 Å². The first-order chi connectivity index (χ1) is 18.5. The van der Waals surface area contributed by atoms with Gasteiger partial charge in [-0.1, -0.05) is 18.7 Å². The lowest BCUT2D eigenvalue weighted by molar-refractivity contribution is 0.475. The first kappa shape index (κ1) is 27.4. The predicted octanol–water partition coefficient (Wildman–Crippen LogP) is 6.29. The number of fused-ring (bicyclic) bond motifs is 1. The third kappa shape index (κ3) is 5.62. The van der Waals surface area contributed by atoms with Crippen LogP contribution in [0.25, 0.3) is 10.8 Å². The highest BCUT2D eigenvalue weighted by atomic mass is 32.2. The molecule has 4 aromatic carbocycles. The molecule has 39 heavy (non-hydrogen) atoms. The Morgan fingerprint density at radius 3 is 2.10 bits per heavy atom. The summed E-state index contributed by atoms with van der Waals surface area (Å²) >= 11 is 0. The molecule has 4 aromatic rings. The molecule has 200 valence electrons. The van der Waals surface area contributed by atoms with E-state index in [-0.39, 0.29) is 34.2 Å². The number of sulfone groups is 1. The maximum Gasteiger partial charge on any atom is 0.296 e. The smallest absolute Gasteiger partial charge is 0.296 e. The van der Waals surface area contributed by atoms with Crippen LogP contribution in [0.2, 0.25) is 0 Å². The SMILES string of the molecule is C=CS(=O)(=O)c1ccc(/N=N/c2c(NC)ccc3c(O)c(/N=N/c4ccccc4O)ccc23)c(S(=O)(=O)O)c1. The van der Waals surface area contributed by atoms with Crippen LogP contribution in [-0.2, 0) is 20.0 Å².